The van der Waals surface area contributed by atoms with Gasteiger partial charge in [-0.1, -0.05) is 18.2 Å². The van der Waals surface area contributed by atoms with E-state index in [1.807, 2.05) is 0 Å². The maximum atomic E-state index is 12.3. The summed E-state index contributed by atoms with van der Waals surface area (Å²) in [6.07, 6.45) is 1.23. The number of nitrogens with one attached hydrogen (secondary N) is 2. The van der Waals surface area contributed by atoms with E-state index < -0.39 is 11.8 Å². The maximum Gasteiger partial charge on any atom is 0.287 e. The number of carbonyl (C=O) groups excluding carboxylic acids is 2. The second-order valence-electron chi connectivity index (χ2n) is 5.64. The van der Waals surface area contributed by atoms with Crippen molar-refractivity contribution in [2.75, 3.05) is 0 Å². The Kier molecular flexibility index (Phi) is 6.10. The smallest absolute Gasteiger partial charge is 0.287 e. The van der Waals surface area contributed by atoms with Crippen molar-refractivity contribution in [3.05, 3.63) is 70.9 Å². The number of aromatic hydroxyl groups is 2. The van der Waals surface area contributed by atoms with Crippen molar-refractivity contribution in [1.29, 1.82) is 0 Å². The number of phenolic OH excluding ortho intramolecular Hbond substituents is 2. The van der Waals surface area contributed by atoms with Crippen molar-refractivity contribution in [1.82, 2.24) is 10.7 Å². The highest BCUT2D eigenvalue weighted by Gasteiger charge is 2.15. The zero-order chi connectivity index (χ0) is 19.1. The molecule has 0 atom stereocenters. The first-order valence-corrected chi connectivity index (χ1v) is 7.77. The van der Waals surface area contributed by atoms with Crippen LogP contribution in [-0.4, -0.2) is 28.2 Å². The Morgan fingerprint density at radius 3 is 2.35 bits per heavy atom. The number of amides is 2. The van der Waals surface area contributed by atoms with E-state index in [1.54, 1.807) is 44.2 Å². The Morgan fingerprint density at radius 2 is 1.73 bits per heavy atom. The summed E-state index contributed by atoms with van der Waals surface area (Å²) in [7, 11) is 0. The summed E-state index contributed by atoms with van der Waals surface area (Å²) >= 11 is 0. The molecular weight excluding hydrogens is 334 g/mol. The Labute approximate surface area is 150 Å². The topological polar surface area (TPSA) is 111 Å². The number of hydrogen-bond acceptors (Lipinski definition) is 5. The van der Waals surface area contributed by atoms with Crippen molar-refractivity contribution < 1.29 is 19.8 Å². The van der Waals surface area contributed by atoms with Crippen LogP contribution in [-0.2, 0) is 4.79 Å². The van der Waals surface area contributed by atoms with Gasteiger partial charge in [0.05, 0.1) is 6.21 Å². The Morgan fingerprint density at radius 1 is 1.04 bits per heavy atom. The standard InChI is InChI=1S/C19H19N3O4/c1-12(2)17(21-18(25)13-6-4-3-5-7-13)19(26)22-20-11-14-8-9-15(23)10-16(14)24/h3-11,23-24H,1-2H3,(H,21,25)(H,22,26)/b20-11+. The molecular formula is C19H19N3O4. The zero-order valence-electron chi connectivity index (χ0n) is 14.4. The van der Waals surface area contributed by atoms with Gasteiger partial charge in [0.2, 0.25) is 0 Å². The van der Waals surface area contributed by atoms with E-state index >= 15 is 0 Å². The zero-order valence-corrected chi connectivity index (χ0v) is 14.4. The van der Waals surface area contributed by atoms with Crippen LogP contribution in [0.3, 0.4) is 0 Å². The Hall–Kier alpha value is -3.61. The molecule has 4 N–H and O–H groups in total. The lowest BCUT2D eigenvalue weighted by Gasteiger charge is -2.10. The van der Waals surface area contributed by atoms with Crippen LogP contribution in [0.15, 0.2) is 64.9 Å². The maximum absolute atomic E-state index is 12.3. The van der Waals surface area contributed by atoms with E-state index in [9.17, 15) is 19.8 Å². The van der Waals surface area contributed by atoms with Gasteiger partial charge in [0.25, 0.3) is 11.8 Å². The largest absolute Gasteiger partial charge is 0.508 e. The molecule has 0 heterocycles. The summed E-state index contributed by atoms with van der Waals surface area (Å²) in [6, 6.07) is 12.5. The summed E-state index contributed by atoms with van der Waals surface area (Å²) in [4.78, 5) is 24.5. The van der Waals surface area contributed by atoms with Gasteiger partial charge in [-0.2, -0.15) is 5.10 Å². The van der Waals surface area contributed by atoms with E-state index in [4.69, 9.17) is 0 Å². The summed E-state index contributed by atoms with van der Waals surface area (Å²) in [6.45, 7) is 3.38. The molecule has 0 radical (unpaired) electrons. The van der Waals surface area contributed by atoms with Crippen LogP contribution in [0.5, 0.6) is 11.5 Å². The molecule has 2 aromatic carbocycles. The minimum absolute atomic E-state index is 0.0841. The summed E-state index contributed by atoms with van der Waals surface area (Å²) in [5, 5.41) is 25.2. The molecule has 2 aromatic rings. The molecule has 26 heavy (non-hydrogen) atoms. The Bertz CT molecular complexity index is 870. The third-order valence-corrected chi connectivity index (χ3v) is 3.39. The van der Waals surface area contributed by atoms with Crippen LogP contribution in [0.2, 0.25) is 0 Å². The van der Waals surface area contributed by atoms with Gasteiger partial charge >= 0.3 is 0 Å². The van der Waals surface area contributed by atoms with Crippen LogP contribution in [0.25, 0.3) is 0 Å². The number of carbonyl (C=O) groups is 2. The van der Waals surface area contributed by atoms with Gasteiger partial charge in [-0.25, -0.2) is 5.43 Å². The van der Waals surface area contributed by atoms with E-state index in [0.29, 0.717) is 16.7 Å². The molecule has 0 aliphatic heterocycles. The van der Waals surface area contributed by atoms with E-state index in [0.717, 1.165) is 6.07 Å². The van der Waals surface area contributed by atoms with Gasteiger partial charge < -0.3 is 15.5 Å². The number of hydrazone groups is 1. The second kappa shape index (κ2) is 8.48. The molecule has 0 bridgehead atoms. The lowest BCUT2D eigenvalue weighted by atomic mass is 10.2. The molecule has 134 valence electrons. The van der Waals surface area contributed by atoms with Gasteiger partial charge in [0.1, 0.15) is 17.2 Å². The highest BCUT2D eigenvalue weighted by molar-refractivity contribution is 6.03. The van der Waals surface area contributed by atoms with Crippen LogP contribution in [0.4, 0.5) is 0 Å². The molecule has 7 heteroatoms. The lowest BCUT2D eigenvalue weighted by Crippen LogP contribution is -2.33. The monoisotopic (exact) mass is 353 g/mol. The number of phenols is 2. The van der Waals surface area contributed by atoms with Crippen LogP contribution in [0.1, 0.15) is 29.8 Å². The number of rotatable bonds is 5. The molecule has 2 amide bonds. The van der Waals surface area contributed by atoms with E-state index in [1.165, 1.54) is 18.3 Å². The van der Waals surface area contributed by atoms with Gasteiger partial charge in [-0.15, -0.1) is 0 Å². The summed E-state index contributed by atoms with van der Waals surface area (Å²) in [5.74, 6) is -1.26. The number of allylic oxidation sites excluding steroid dienone is 1. The van der Waals surface area contributed by atoms with Gasteiger partial charge in [-0.05, 0) is 43.7 Å². The van der Waals surface area contributed by atoms with Crippen LogP contribution in [0, 0.1) is 0 Å². The van der Waals surface area contributed by atoms with Crippen LogP contribution >= 0.6 is 0 Å². The average Bonchev–Trinajstić information content (AvgIpc) is 2.61. The third kappa shape index (κ3) is 4.94. The molecule has 0 saturated carbocycles. The summed E-state index contributed by atoms with van der Waals surface area (Å²) in [5.41, 5.74) is 3.73. The quantitative estimate of drug-likeness (QED) is 0.375. The van der Waals surface area contributed by atoms with Crippen molar-refractivity contribution in [3.63, 3.8) is 0 Å². The minimum Gasteiger partial charge on any atom is -0.508 e. The highest BCUT2D eigenvalue weighted by atomic mass is 16.3. The fourth-order valence-electron chi connectivity index (χ4n) is 2.04. The fourth-order valence-corrected chi connectivity index (χ4v) is 2.04. The first kappa shape index (κ1) is 18.7. The van der Waals surface area contributed by atoms with Crippen LogP contribution < -0.4 is 10.7 Å². The predicted octanol–water partition coefficient (Wildman–Crippen LogP) is 2.27. The van der Waals surface area contributed by atoms with Crippen molar-refractivity contribution in [2.45, 2.75) is 13.8 Å². The van der Waals surface area contributed by atoms with E-state index in [-0.39, 0.29) is 17.2 Å². The second-order valence-corrected chi connectivity index (χ2v) is 5.64. The van der Waals surface area contributed by atoms with Crippen molar-refractivity contribution >= 4 is 18.0 Å². The SMILES string of the molecule is CC(C)=C(NC(=O)c1ccccc1)C(=O)N/N=C/c1ccc(O)cc1O. The summed E-state index contributed by atoms with van der Waals surface area (Å²) < 4.78 is 0. The first-order valence-electron chi connectivity index (χ1n) is 7.77. The number of nitrogens with zero attached hydrogens (tertiary/aromatic N) is 1. The molecule has 0 spiro atoms. The molecule has 0 aliphatic rings. The van der Waals surface area contributed by atoms with Crippen molar-refractivity contribution in [3.8, 4) is 11.5 Å². The molecule has 0 aromatic heterocycles. The third-order valence-electron chi connectivity index (χ3n) is 3.39. The van der Waals surface area contributed by atoms with Gasteiger partial charge in [-0.3, -0.25) is 9.59 Å². The number of hydrogen-bond donors (Lipinski definition) is 4. The molecule has 7 nitrogen and oxygen atoms in total. The lowest BCUT2D eigenvalue weighted by molar-refractivity contribution is -0.117. The van der Waals surface area contributed by atoms with E-state index in [2.05, 4.69) is 15.8 Å². The molecule has 0 saturated heterocycles. The molecule has 0 fully saturated rings. The fraction of sp³-hybridized carbons (Fsp3) is 0.105. The normalized spacial score (nSPS) is 10.4. The molecule has 0 aliphatic carbocycles. The predicted molar refractivity (Wildman–Crippen MR) is 97.8 cm³/mol. The Balaban J connectivity index is 2.06. The van der Waals surface area contributed by atoms with Crippen molar-refractivity contribution in [2.24, 2.45) is 5.10 Å². The average molecular weight is 353 g/mol. The van der Waals surface area contributed by atoms with Gasteiger partial charge in [0, 0.05) is 17.2 Å². The first-order chi connectivity index (χ1) is 12.4. The molecule has 2 rings (SSSR count). The van der Waals surface area contributed by atoms with Gasteiger partial charge in [0.15, 0.2) is 0 Å². The highest BCUT2D eigenvalue weighted by Crippen LogP contribution is 2.20. The molecule has 0 unspecified atom stereocenters. The minimum atomic E-state index is -0.594. The number of benzene rings is 2.